The van der Waals surface area contributed by atoms with E-state index in [-0.39, 0.29) is 0 Å². The molecule has 9 aromatic rings. The van der Waals surface area contributed by atoms with Gasteiger partial charge in [0.15, 0.2) is 0 Å². The standard InChI is InChI=1S/C51H41NSi/c1-53(2,3)42-31-28-40(29-32-42)52(39-24-14-7-15-25-39)41-30-33-45-48(34-41)43-26-16-17-27-44(43)50-47(37-20-10-5-11-21-37)35-46(36-18-8-4-9-19-36)49(51(45)50)38-22-12-6-13-23-38/h4-35H,1-3H3. The third-order valence-electron chi connectivity index (χ3n) is 10.6. The maximum Gasteiger partial charge on any atom is 0.0775 e. The van der Waals surface area contributed by atoms with Gasteiger partial charge in [-0.3, -0.25) is 0 Å². The molecule has 53 heavy (non-hydrogen) atoms. The molecule has 0 saturated heterocycles. The average Bonchev–Trinajstić information content (AvgIpc) is 3.21. The van der Waals surface area contributed by atoms with Gasteiger partial charge >= 0.3 is 0 Å². The molecule has 0 aliphatic heterocycles. The van der Waals surface area contributed by atoms with Gasteiger partial charge in [0.25, 0.3) is 0 Å². The zero-order valence-electron chi connectivity index (χ0n) is 30.4. The maximum atomic E-state index is 2.43. The molecule has 0 fully saturated rings. The van der Waals surface area contributed by atoms with E-state index in [4.69, 9.17) is 0 Å². The molecule has 0 bridgehead atoms. The van der Waals surface area contributed by atoms with E-state index in [0.717, 1.165) is 17.1 Å². The summed E-state index contributed by atoms with van der Waals surface area (Å²) in [7, 11) is -1.45. The fourth-order valence-corrected chi connectivity index (χ4v) is 9.18. The maximum absolute atomic E-state index is 2.43. The van der Waals surface area contributed by atoms with Gasteiger partial charge in [0.05, 0.1) is 8.07 Å². The fraction of sp³-hybridized carbons (Fsp3) is 0.0588. The van der Waals surface area contributed by atoms with Gasteiger partial charge in [0, 0.05) is 17.1 Å². The predicted octanol–water partition coefficient (Wildman–Crippen LogP) is 14.2. The first-order valence-corrected chi connectivity index (χ1v) is 22.0. The van der Waals surface area contributed by atoms with E-state index in [1.165, 1.54) is 70.9 Å². The Morgan fingerprint density at radius 3 is 1.42 bits per heavy atom. The number of fused-ring (bicyclic) bond motifs is 6. The van der Waals surface area contributed by atoms with Gasteiger partial charge in [0.2, 0.25) is 0 Å². The van der Waals surface area contributed by atoms with Crippen LogP contribution in [0.5, 0.6) is 0 Å². The molecule has 1 nitrogen and oxygen atoms in total. The van der Waals surface area contributed by atoms with Crippen LogP contribution in [-0.2, 0) is 0 Å². The molecule has 0 N–H and O–H groups in total. The van der Waals surface area contributed by atoms with Crippen molar-refractivity contribution in [1.82, 2.24) is 0 Å². The highest BCUT2D eigenvalue weighted by atomic mass is 28.3. The third-order valence-corrected chi connectivity index (χ3v) is 12.6. The summed E-state index contributed by atoms with van der Waals surface area (Å²) in [6, 6.07) is 71.3. The van der Waals surface area contributed by atoms with Crippen molar-refractivity contribution in [2.24, 2.45) is 0 Å². The summed E-state index contributed by atoms with van der Waals surface area (Å²) in [5, 5.41) is 9.03. The van der Waals surface area contributed by atoms with Crippen LogP contribution in [0.15, 0.2) is 194 Å². The first kappa shape index (κ1) is 32.7. The molecule has 0 aromatic heterocycles. The summed E-state index contributed by atoms with van der Waals surface area (Å²) in [4.78, 5) is 2.40. The summed E-state index contributed by atoms with van der Waals surface area (Å²) in [6.07, 6.45) is 0. The molecule has 0 radical (unpaired) electrons. The molecule has 9 aromatic carbocycles. The molecule has 254 valence electrons. The lowest BCUT2D eigenvalue weighted by molar-refractivity contribution is 1.29. The highest BCUT2D eigenvalue weighted by molar-refractivity contribution is 6.88. The number of anilines is 3. The van der Waals surface area contributed by atoms with E-state index in [0.29, 0.717) is 0 Å². The Labute approximate surface area is 313 Å². The summed E-state index contributed by atoms with van der Waals surface area (Å²) in [5.41, 5.74) is 10.8. The topological polar surface area (TPSA) is 3.24 Å². The van der Waals surface area contributed by atoms with E-state index in [9.17, 15) is 0 Å². The van der Waals surface area contributed by atoms with E-state index in [2.05, 4.69) is 219 Å². The van der Waals surface area contributed by atoms with Crippen LogP contribution in [0.25, 0.3) is 65.7 Å². The molecule has 0 spiro atoms. The molecule has 0 saturated carbocycles. The highest BCUT2D eigenvalue weighted by Gasteiger charge is 2.23. The van der Waals surface area contributed by atoms with Crippen LogP contribution < -0.4 is 10.1 Å². The van der Waals surface area contributed by atoms with Crippen molar-refractivity contribution in [3.63, 3.8) is 0 Å². The van der Waals surface area contributed by atoms with Gasteiger partial charge in [-0.25, -0.2) is 0 Å². The lowest BCUT2D eigenvalue weighted by Gasteiger charge is -2.27. The van der Waals surface area contributed by atoms with Crippen LogP contribution in [0.3, 0.4) is 0 Å². The van der Waals surface area contributed by atoms with Crippen molar-refractivity contribution >= 4 is 62.6 Å². The van der Waals surface area contributed by atoms with Crippen molar-refractivity contribution in [2.75, 3.05) is 4.90 Å². The number of benzene rings is 9. The SMILES string of the molecule is C[Si](C)(C)c1ccc(N(c2ccccc2)c2ccc3c(c2)c2ccccc2c2c(-c4ccccc4)cc(-c4ccccc4)c(-c4ccccc4)c32)cc1. The van der Waals surface area contributed by atoms with E-state index in [1.807, 2.05) is 0 Å². The van der Waals surface area contributed by atoms with Crippen LogP contribution in [0.1, 0.15) is 0 Å². The van der Waals surface area contributed by atoms with Crippen molar-refractivity contribution < 1.29 is 0 Å². The Balaban J connectivity index is 1.42. The second kappa shape index (κ2) is 13.4. The van der Waals surface area contributed by atoms with Crippen LogP contribution >= 0.6 is 0 Å². The molecule has 0 atom stereocenters. The quantitative estimate of drug-likeness (QED) is 0.118. The summed E-state index contributed by atoms with van der Waals surface area (Å²) in [6.45, 7) is 7.23. The molecule has 9 rings (SSSR count). The highest BCUT2D eigenvalue weighted by Crippen LogP contribution is 2.50. The van der Waals surface area contributed by atoms with Gasteiger partial charge in [0.1, 0.15) is 0 Å². The second-order valence-corrected chi connectivity index (χ2v) is 20.0. The lowest BCUT2D eigenvalue weighted by atomic mass is 9.81. The van der Waals surface area contributed by atoms with Crippen molar-refractivity contribution in [3.8, 4) is 33.4 Å². The van der Waals surface area contributed by atoms with Gasteiger partial charge < -0.3 is 4.90 Å². The summed E-state index contributed by atoms with van der Waals surface area (Å²) in [5.74, 6) is 0. The predicted molar refractivity (Wildman–Crippen MR) is 233 cm³/mol. The molecule has 2 heteroatoms. The van der Waals surface area contributed by atoms with E-state index in [1.54, 1.807) is 0 Å². The largest absolute Gasteiger partial charge is 0.310 e. The lowest BCUT2D eigenvalue weighted by Crippen LogP contribution is -2.37. The Morgan fingerprint density at radius 1 is 0.340 bits per heavy atom. The first-order chi connectivity index (χ1) is 26.0. The molecule has 0 amide bonds. The van der Waals surface area contributed by atoms with Gasteiger partial charge in [-0.15, -0.1) is 0 Å². The van der Waals surface area contributed by atoms with Crippen molar-refractivity contribution in [2.45, 2.75) is 19.6 Å². The van der Waals surface area contributed by atoms with Crippen LogP contribution in [0.4, 0.5) is 17.1 Å². The Kier molecular flexibility index (Phi) is 8.26. The summed E-state index contributed by atoms with van der Waals surface area (Å²) < 4.78 is 0. The minimum absolute atomic E-state index is 1.14. The third kappa shape index (κ3) is 5.92. The Bertz CT molecular complexity index is 2720. The van der Waals surface area contributed by atoms with Gasteiger partial charge in [-0.2, -0.15) is 0 Å². The minimum Gasteiger partial charge on any atom is -0.310 e. The molecular weight excluding hydrogens is 655 g/mol. The van der Waals surface area contributed by atoms with Crippen LogP contribution in [-0.4, -0.2) is 8.07 Å². The molecule has 0 aliphatic rings. The smallest absolute Gasteiger partial charge is 0.0775 e. The molecule has 0 aliphatic carbocycles. The monoisotopic (exact) mass is 695 g/mol. The van der Waals surface area contributed by atoms with E-state index < -0.39 is 8.07 Å². The van der Waals surface area contributed by atoms with Crippen molar-refractivity contribution in [3.05, 3.63) is 194 Å². The van der Waals surface area contributed by atoms with Gasteiger partial charge in [-0.05, 0) is 108 Å². The molecule has 0 heterocycles. The molecular formula is C51H41NSi. The molecule has 0 unspecified atom stereocenters. The fourth-order valence-electron chi connectivity index (χ4n) is 8.01. The van der Waals surface area contributed by atoms with E-state index >= 15 is 0 Å². The Hall–Kier alpha value is -6.22. The number of nitrogens with zero attached hydrogens (tertiary/aromatic N) is 1. The normalized spacial score (nSPS) is 11.7. The number of hydrogen-bond donors (Lipinski definition) is 0. The van der Waals surface area contributed by atoms with Crippen LogP contribution in [0.2, 0.25) is 19.6 Å². The number of hydrogen-bond acceptors (Lipinski definition) is 1. The zero-order valence-corrected chi connectivity index (χ0v) is 31.4. The Morgan fingerprint density at radius 2 is 0.811 bits per heavy atom. The zero-order chi connectivity index (χ0) is 35.9. The summed E-state index contributed by atoms with van der Waals surface area (Å²) >= 11 is 0. The number of para-hydroxylation sites is 1. The first-order valence-electron chi connectivity index (χ1n) is 18.5. The second-order valence-electron chi connectivity index (χ2n) is 14.9. The number of rotatable bonds is 7. The van der Waals surface area contributed by atoms with Crippen LogP contribution in [0, 0.1) is 0 Å². The van der Waals surface area contributed by atoms with Crippen molar-refractivity contribution in [1.29, 1.82) is 0 Å². The van der Waals surface area contributed by atoms with Gasteiger partial charge in [-0.1, -0.05) is 176 Å². The minimum atomic E-state index is -1.45. The average molecular weight is 696 g/mol.